The Balaban J connectivity index is 1.65. The molecule has 4 rings (SSSR count). The van der Waals surface area contributed by atoms with E-state index >= 15 is 0 Å². The van der Waals surface area contributed by atoms with E-state index < -0.39 is 5.97 Å². The number of carbonyl (C=O) groups is 2. The highest BCUT2D eigenvalue weighted by molar-refractivity contribution is 7.15. The van der Waals surface area contributed by atoms with E-state index in [0.717, 1.165) is 43.4 Å². The number of thiophene rings is 1. The van der Waals surface area contributed by atoms with Gasteiger partial charge in [-0.2, -0.15) is 0 Å². The number of hydrogen-bond acceptors (Lipinski definition) is 5. The number of carbonyl (C=O) groups excluding carboxylic acids is 1. The number of ether oxygens (including phenoxy) is 1. The first kappa shape index (κ1) is 27.9. The zero-order chi connectivity index (χ0) is 27.4. The van der Waals surface area contributed by atoms with Crippen LogP contribution in [0.3, 0.4) is 0 Å². The Labute approximate surface area is 230 Å². The Morgan fingerprint density at radius 2 is 1.92 bits per heavy atom. The summed E-state index contributed by atoms with van der Waals surface area (Å²) in [6.07, 6.45) is 8.47. The van der Waals surface area contributed by atoms with Crippen molar-refractivity contribution in [2.24, 2.45) is 17.3 Å². The largest absolute Gasteiger partial charge is 0.477 e. The summed E-state index contributed by atoms with van der Waals surface area (Å²) in [5.41, 5.74) is 1.58. The van der Waals surface area contributed by atoms with Crippen LogP contribution in [0.4, 0.5) is 5.69 Å². The predicted octanol–water partition coefficient (Wildman–Crippen LogP) is 6.95. The van der Waals surface area contributed by atoms with E-state index in [4.69, 9.17) is 4.74 Å². The summed E-state index contributed by atoms with van der Waals surface area (Å²) in [5, 5.41) is 10.1. The summed E-state index contributed by atoms with van der Waals surface area (Å²) in [7, 11) is 0. The van der Waals surface area contributed by atoms with Crippen molar-refractivity contribution in [1.82, 2.24) is 4.98 Å². The van der Waals surface area contributed by atoms with Crippen LogP contribution in [-0.2, 0) is 4.79 Å². The third-order valence-electron chi connectivity index (χ3n) is 7.27. The number of pyridine rings is 1. The lowest BCUT2D eigenvalue weighted by Crippen LogP contribution is -2.48. The van der Waals surface area contributed by atoms with Crippen LogP contribution in [0.1, 0.15) is 87.7 Å². The van der Waals surface area contributed by atoms with Gasteiger partial charge in [0.25, 0.3) is 0 Å². The number of carboxylic acid groups (broad SMARTS) is 1. The lowest BCUT2D eigenvalue weighted by molar-refractivity contribution is -0.124. The highest BCUT2D eigenvalue weighted by atomic mass is 32.1. The monoisotopic (exact) mass is 534 g/mol. The minimum atomic E-state index is -1.02. The first-order valence-corrected chi connectivity index (χ1v) is 14.3. The summed E-state index contributed by atoms with van der Waals surface area (Å²) in [6, 6.07) is 7.33. The van der Waals surface area contributed by atoms with Crippen LogP contribution in [0.25, 0.3) is 0 Å². The molecule has 2 aromatic rings. The van der Waals surface area contributed by atoms with Gasteiger partial charge in [0, 0.05) is 29.6 Å². The summed E-state index contributed by atoms with van der Waals surface area (Å²) in [5.74, 6) is 5.99. The molecule has 2 atom stereocenters. The van der Waals surface area contributed by atoms with Crippen LogP contribution in [-0.4, -0.2) is 34.1 Å². The van der Waals surface area contributed by atoms with Crippen molar-refractivity contribution in [3.63, 3.8) is 0 Å². The van der Waals surface area contributed by atoms with Crippen LogP contribution >= 0.6 is 11.3 Å². The van der Waals surface area contributed by atoms with Crippen molar-refractivity contribution in [2.75, 3.05) is 4.90 Å². The maximum Gasteiger partial charge on any atom is 0.348 e. The highest BCUT2D eigenvalue weighted by Gasteiger charge is 2.39. The molecule has 0 spiro atoms. The molecule has 2 aromatic heterocycles. The fourth-order valence-electron chi connectivity index (χ4n) is 5.35. The quantitative estimate of drug-likeness (QED) is 0.320. The number of anilines is 1. The van der Waals surface area contributed by atoms with Gasteiger partial charge in [-0.3, -0.25) is 4.79 Å². The fraction of sp³-hybridized carbons (Fsp3) is 0.516. The Bertz CT molecular complexity index is 1240. The number of nitrogens with zero attached hydrogens (tertiary/aromatic N) is 2. The second-order valence-corrected chi connectivity index (χ2v) is 12.7. The number of aromatic nitrogens is 1. The molecule has 1 unspecified atom stereocenters. The van der Waals surface area contributed by atoms with Gasteiger partial charge in [-0.25, -0.2) is 9.78 Å². The summed E-state index contributed by atoms with van der Waals surface area (Å²) in [4.78, 5) is 33.5. The average molecular weight is 535 g/mol. The molecular formula is C31H38N2O4S. The minimum absolute atomic E-state index is 0.0194. The third kappa shape index (κ3) is 6.85. The van der Waals surface area contributed by atoms with Crippen molar-refractivity contribution in [3.8, 4) is 17.7 Å². The molecule has 0 bridgehead atoms. The van der Waals surface area contributed by atoms with Gasteiger partial charge in [-0.05, 0) is 84.3 Å². The third-order valence-corrected chi connectivity index (χ3v) is 8.29. The molecule has 0 aromatic carbocycles. The van der Waals surface area contributed by atoms with Gasteiger partial charge in [-0.1, -0.05) is 36.5 Å². The van der Waals surface area contributed by atoms with Gasteiger partial charge in [0.1, 0.15) is 11.0 Å². The van der Waals surface area contributed by atoms with Crippen LogP contribution in [0.5, 0.6) is 5.88 Å². The second kappa shape index (κ2) is 11.7. The molecule has 0 radical (unpaired) electrons. The smallest absolute Gasteiger partial charge is 0.348 e. The molecule has 2 heterocycles. The Kier molecular flexibility index (Phi) is 8.62. The topological polar surface area (TPSA) is 79.7 Å². The molecule has 2 aliphatic rings. The maximum absolute atomic E-state index is 14.2. The van der Waals surface area contributed by atoms with Crippen molar-refractivity contribution in [1.29, 1.82) is 0 Å². The molecule has 7 heteroatoms. The van der Waals surface area contributed by atoms with E-state index in [1.165, 1.54) is 5.57 Å². The predicted molar refractivity (Wildman–Crippen MR) is 152 cm³/mol. The Morgan fingerprint density at radius 3 is 2.53 bits per heavy atom. The SMILES string of the molecule is CC1=CCC(C(=O)N(c2cc(C#CC(C)(C)C)sc2C(=O)O)C2CCC(Oc3ccccn3)CC2)[C@@H](C)C1. The molecule has 1 fully saturated rings. The first-order chi connectivity index (χ1) is 18.0. The fourth-order valence-corrected chi connectivity index (χ4v) is 6.19. The number of amides is 1. The van der Waals surface area contributed by atoms with E-state index in [0.29, 0.717) is 22.9 Å². The van der Waals surface area contributed by atoms with Crippen molar-refractivity contribution in [2.45, 2.75) is 85.3 Å². The number of allylic oxidation sites excluding steroid dienone is 2. The van der Waals surface area contributed by atoms with Gasteiger partial charge < -0.3 is 14.7 Å². The molecule has 202 valence electrons. The number of aromatic carboxylic acids is 1. The van der Waals surface area contributed by atoms with Crippen molar-refractivity contribution in [3.05, 3.63) is 51.9 Å². The molecule has 0 aliphatic heterocycles. The van der Waals surface area contributed by atoms with E-state index in [1.807, 2.05) is 49.9 Å². The number of carboxylic acids is 1. The normalized spacial score (nSPS) is 23.6. The Hall–Kier alpha value is -3.11. The van der Waals surface area contributed by atoms with Crippen LogP contribution in [0, 0.1) is 29.1 Å². The van der Waals surface area contributed by atoms with Crippen LogP contribution in [0.15, 0.2) is 42.1 Å². The molecule has 1 saturated carbocycles. The van der Waals surface area contributed by atoms with E-state index in [-0.39, 0.29) is 40.2 Å². The van der Waals surface area contributed by atoms with Crippen LogP contribution < -0.4 is 9.64 Å². The van der Waals surface area contributed by atoms with Crippen LogP contribution in [0.2, 0.25) is 0 Å². The van der Waals surface area contributed by atoms with E-state index in [9.17, 15) is 14.7 Å². The zero-order valence-electron chi connectivity index (χ0n) is 23.0. The standard InChI is InChI=1S/C31H38N2O4S/c1-20-9-14-25(21(2)18-20)29(34)33(22-10-12-23(13-11-22)37-27-8-6-7-17-32-27)26-19-24(15-16-31(3,4)5)38-28(26)30(35)36/h6-9,17,19,21-23,25H,10-14,18H2,1-5H3,(H,35,36)/t21-,22?,23?,25?/m0/s1. The summed E-state index contributed by atoms with van der Waals surface area (Å²) >= 11 is 1.16. The van der Waals surface area contributed by atoms with Gasteiger partial charge in [0.2, 0.25) is 11.8 Å². The molecule has 1 N–H and O–H groups in total. The second-order valence-electron chi connectivity index (χ2n) is 11.6. The van der Waals surface area contributed by atoms with Gasteiger partial charge in [0.05, 0.1) is 10.6 Å². The van der Waals surface area contributed by atoms with E-state index in [1.54, 1.807) is 6.20 Å². The molecule has 6 nitrogen and oxygen atoms in total. The van der Waals surface area contributed by atoms with Gasteiger partial charge in [0.15, 0.2) is 0 Å². The van der Waals surface area contributed by atoms with Crippen molar-refractivity contribution >= 4 is 28.9 Å². The van der Waals surface area contributed by atoms with Gasteiger partial charge in [-0.15, -0.1) is 11.3 Å². The molecule has 1 amide bonds. The maximum atomic E-state index is 14.2. The minimum Gasteiger partial charge on any atom is -0.477 e. The number of rotatable bonds is 6. The number of hydrogen-bond donors (Lipinski definition) is 1. The van der Waals surface area contributed by atoms with Crippen molar-refractivity contribution < 1.29 is 19.4 Å². The lowest BCUT2D eigenvalue weighted by Gasteiger charge is -2.40. The molecule has 0 saturated heterocycles. The summed E-state index contributed by atoms with van der Waals surface area (Å²) < 4.78 is 6.09. The van der Waals surface area contributed by atoms with Gasteiger partial charge >= 0.3 is 5.97 Å². The Morgan fingerprint density at radius 1 is 1.18 bits per heavy atom. The summed E-state index contributed by atoms with van der Waals surface area (Å²) in [6.45, 7) is 10.3. The molecule has 38 heavy (non-hydrogen) atoms. The lowest BCUT2D eigenvalue weighted by atomic mass is 9.79. The zero-order valence-corrected chi connectivity index (χ0v) is 23.8. The highest BCUT2D eigenvalue weighted by Crippen LogP contribution is 2.39. The average Bonchev–Trinajstić information content (AvgIpc) is 3.28. The first-order valence-electron chi connectivity index (χ1n) is 13.5. The molecule has 2 aliphatic carbocycles. The molecular weight excluding hydrogens is 496 g/mol. The van der Waals surface area contributed by atoms with E-state index in [2.05, 4.69) is 36.7 Å².